The fraction of sp³-hybridized carbons (Fsp3) is 0.357. The van der Waals surface area contributed by atoms with E-state index >= 15 is 0 Å². The summed E-state index contributed by atoms with van der Waals surface area (Å²) in [5.74, 6) is 4.88. The summed E-state index contributed by atoms with van der Waals surface area (Å²) < 4.78 is 5.04. The lowest BCUT2D eigenvalue weighted by atomic mass is 10.0. The first kappa shape index (κ1) is 26.8. The zero-order valence-corrected chi connectivity index (χ0v) is 21.8. The standard InChI is InChI=1S/C28H28ClN3O4/c1-6-36-25(34)13-18(2)31-17-24(33)32(28(3,4)5)26-22(27(31)35)14-21(15-23(26)29)12-9-19-7-10-20(16-30)11-8-19/h7-8,10-11,14-15,18H,6,13,17H2,1-5H3/t18-/m0/s1. The number of carbonyl (C=O) groups is 3. The Morgan fingerprint density at radius 1 is 1.11 bits per heavy atom. The SMILES string of the molecule is CCOC(=O)C[C@H](C)N1CC(=O)N(C(C)(C)C)c2c(Cl)cc(C#Cc3ccc(C#N)cc3)cc2C1=O. The maximum absolute atomic E-state index is 13.7. The van der Waals surface area contributed by atoms with Crippen molar-refractivity contribution < 1.29 is 19.1 Å². The molecule has 0 radical (unpaired) electrons. The van der Waals surface area contributed by atoms with Crippen molar-refractivity contribution in [1.82, 2.24) is 4.90 Å². The lowest BCUT2D eigenvalue weighted by Crippen LogP contribution is -2.50. The van der Waals surface area contributed by atoms with Crippen molar-refractivity contribution in [2.45, 2.75) is 52.6 Å². The van der Waals surface area contributed by atoms with E-state index in [-0.39, 0.29) is 36.1 Å². The van der Waals surface area contributed by atoms with E-state index in [1.54, 1.807) is 50.2 Å². The van der Waals surface area contributed by atoms with Gasteiger partial charge in [0.1, 0.15) is 6.54 Å². The van der Waals surface area contributed by atoms with Crippen molar-refractivity contribution in [3.63, 3.8) is 0 Å². The van der Waals surface area contributed by atoms with Crippen LogP contribution in [0.4, 0.5) is 5.69 Å². The van der Waals surface area contributed by atoms with Gasteiger partial charge in [-0.05, 0) is 71.0 Å². The van der Waals surface area contributed by atoms with E-state index in [9.17, 15) is 14.4 Å². The normalized spacial score (nSPS) is 14.2. The van der Waals surface area contributed by atoms with Gasteiger partial charge in [-0.25, -0.2) is 0 Å². The molecular weight excluding hydrogens is 478 g/mol. The molecule has 0 fully saturated rings. The summed E-state index contributed by atoms with van der Waals surface area (Å²) >= 11 is 6.68. The molecule has 1 aliphatic rings. The van der Waals surface area contributed by atoms with Gasteiger partial charge in [-0.15, -0.1) is 0 Å². The number of benzene rings is 2. The van der Waals surface area contributed by atoms with Crippen LogP contribution in [0.25, 0.3) is 0 Å². The fourth-order valence-electron chi connectivity index (χ4n) is 4.04. The lowest BCUT2D eigenvalue weighted by molar-refractivity contribution is -0.144. The van der Waals surface area contributed by atoms with E-state index in [0.717, 1.165) is 0 Å². The Morgan fingerprint density at radius 2 is 1.72 bits per heavy atom. The lowest BCUT2D eigenvalue weighted by Gasteiger charge is -2.36. The Hall–Kier alpha value is -3.81. The van der Waals surface area contributed by atoms with Crippen molar-refractivity contribution in [2.24, 2.45) is 0 Å². The number of hydrogen-bond donors (Lipinski definition) is 0. The summed E-state index contributed by atoms with van der Waals surface area (Å²) in [6.07, 6.45) is -0.0381. The summed E-state index contributed by atoms with van der Waals surface area (Å²) in [6, 6.07) is 11.6. The van der Waals surface area contributed by atoms with Crippen LogP contribution in [-0.2, 0) is 14.3 Å². The second kappa shape index (κ2) is 10.8. The molecule has 0 unspecified atom stereocenters. The first-order valence-electron chi connectivity index (χ1n) is 11.6. The number of hydrogen-bond acceptors (Lipinski definition) is 5. The number of rotatable bonds is 4. The molecule has 1 heterocycles. The van der Waals surface area contributed by atoms with Gasteiger partial charge >= 0.3 is 5.97 Å². The minimum atomic E-state index is -0.661. The number of halogens is 1. The maximum Gasteiger partial charge on any atom is 0.307 e. The van der Waals surface area contributed by atoms with Gasteiger partial charge in [0.25, 0.3) is 5.91 Å². The molecule has 0 saturated carbocycles. The van der Waals surface area contributed by atoms with Crippen LogP contribution in [-0.4, -0.2) is 47.4 Å². The minimum absolute atomic E-state index is 0.0381. The molecule has 0 spiro atoms. The molecule has 2 aromatic rings. The molecule has 0 saturated heterocycles. The third-order valence-electron chi connectivity index (χ3n) is 5.67. The zero-order valence-electron chi connectivity index (χ0n) is 21.0. The molecule has 8 heteroatoms. The molecule has 36 heavy (non-hydrogen) atoms. The molecule has 1 atom stereocenters. The van der Waals surface area contributed by atoms with Gasteiger partial charge in [0.2, 0.25) is 5.91 Å². The van der Waals surface area contributed by atoms with Gasteiger partial charge in [0, 0.05) is 22.7 Å². The van der Waals surface area contributed by atoms with Crippen molar-refractivity contribution in [1.29, 1.82) is 5.26 Å². The van der Waals surface area contributed by atoms with Crippen LogP contribution in [0.5, 0.6) is 0 Å². The van der Waals surface area contributed by atoms with Crippen LogP contribution in [0, 0.1) is 23.2 Å². The number of anilines is 1. The third kappa shape index (κ3) is 5.87. The number of ether oxygens (including phenoxy) is 1. The molecule has 2 aromatic carbocycles. The number of fused-ring (bicyclic) bond motifs is 1. The highest BCUT2D eigenvalue weighted by atomic mass is 35.5. The van der Waals surface area contributed by atoms with Crippen LogP contribution in [0.2, 0.25) is 5.02 Å². The molecule has 0 N–H and O–H groups in total. The highest BCUT2D eigenvalue weighted by Gasteiger charge is 2.40. The van der Waals surface area contributed by atoms with Crippen molar-refractivity contribution in [3.8, 4) is 17.9 Å². The number of nitriles is 1. The topological polar surface area (TPSA) is 90.7 Å². The first-order valence-corrected chi connectivity index (χ1v) is 12.0. The van der Waals surface area contributed by atoms with Gasteiger partial charge < -0.3 is 14.5 Å². The second-order valence-electron chi connectivity index (χ2n) is 9.48. The number of nitrogens with zero attached hydrogens (tertiary/aromatic N) is 3. The van der Waals surface area contributed by atoms with E-state index < -0.39 is 23.5 Å². The molecule has 7 nitrogen and oxygen atoms in total. The maximum atomic E-state index is 13.7. The van der Waals surface area contributed by atoms with Gasteiger partial charge in [0.15, 0.2) is 0 Å². The summed E-state index contributed by atoms with van der Waals surface area (Å²) in [5.41, 5.74) is 1.63. The van der Waals surface area contributed by atoms with Crippen LogP contribution < -0.4 is 4.90 Å². The Bertz CT molecular complexity index is 1290. The molecule has 0 bridgehead atoms. The van der Waals surface area contributed by atoms with Gasteiger partial charge in [-0.1, -0.05) is 23.4 Å². The smallest absolute Gasteiger partial charge is 0.307 e. The number of esters is 1. The van der Waals surface area contributed by atoms with Gasteiger partial charge in [-0.3, -0.25) is 14.4 Å². The first-order chi connectivity index (χ1) is 17.0. The van der Waals surface area contributed by atoms with Crippen molar-refractivity contribution >= 4 is 35.1 Å². The van der Waals surface area contributed by atoms with Gasteiger partial charge in [0.05, 0.1) is 40.9 Å². The summed E-state index contributed by atoms with van der Waals surface area (Å²) in [5, 5.41) is 9.20. The van der Waals surface area contributed by atoms with E-state index in [1.807, 2.05) is 20.8 Å². The minimum Gasteiger partial charge on any atom is -0.466 e. The molecule has 0 aromatic heterocycles. The highest BCUT2D eigenvalue weighted by Crippen LogP contribution is 2.38. The van der Waals surface area contributed by atoms with Crippen molar-refractivity contribution in [2.75, 3.05) is 18.1 Å². The predicted octanol–water partition coefficient (Wildman–Crippen LogP) is 4.54. The monoisotopic (exact) mass is 505 g/mol. The van der Waals surface area contributed by atoms with E-state index in [2.05, 4.69) is 17.9 Å². The van der Waals surface area contributed by atoms with Crippen LogP contribution in [0.15, 0.2) is 36.4 Å². The Balaban J connectivity index is 2.10. The van der Waals surface area contributed by atoms with Crippen LogP contribution >= 0.6 is 11.6 Å². The highest BCUT2D eigenvalue weighted by molar-refractivity contribution is 6.35. The molecule has 0 aliphatic carbocycles. The van der Waals surface area contributed by atoms with Gasteiger partial charge in [-0.2, -0.15) is 5.26 Å². The van der Waals surface area contributed by atoms with Crippen molar-refractivity contribution in [3.05, 3.63) is 63.7 Å². The van der Waals surface area contributed by atoms with E-state index in [1.165, 1.54) is 9.80 Å². The molecule has 186 valence electrons. The molecule has 3 rings (SSSR count). The molecule has 2 amide bonds. The van der Waals surface area contributed by atoms with E-state index in [0.29, 0.717) is 22.4 Å². The van der Waals surface area contributed by atoms with Crippen LogP contribution in [0.3, 0.4) is 0 Å². The quantitative estimate of drug-likeness (QED) is 0.449. The number of amides is 2. The summed E-state index contributed by atoms with van der Waals surface area (Å²) in [6.45, 7) is 9.06. The average Bonchev–Trinajstić information content (AvgIpc) is 2.92. The average molecular weight is 506 g/mol. The predicted molar refractivity (Wildman–Crippen MR) is 138 cm³/mol. The third-order valence-corrected chi connectivity index (χ3v) is 5.96. The largest absolute Gasteiger partial charge is 0.466 e. The fourth-order valence-corrected chi connectivity index (χ4v) is 4.34. The van der Waals surface area contributed by atoms with Crippen LogP contribution in [0.1, 0.15) is 68.1 Å². The Morgan fingerprint density at radius 3 is 2.31 bits per heavy atom. The van der Waals surface area contributed by atoms with E-state index in [4.69, 9.17) is 21.6 Å². The second-order valence-corrected chi connectivity index (χ2v) is 9.89. The zero-order chi connectivity index (χ0) is 26.6. The summed E-state index contributed by atoms with van der Waals surface area (Å²) in [4.78, 5) is 42.2. The Labute approximate surface area is 216 Å². The Kier molecular flexibility index (Phi) is 8.07. The molecule has 1 aliphatic heterocycles. The number of carbonyl (C=O) groups excluding carboxylic acids is 3. The summed E-state index contributed by atoms with van der Waals surface area (Å²) in [7, 11) is 0. The molecular formula is C28H28ClN3O4.